The average molecular weight is 937 g/mol. The van der Waals surface area contributed by atoms with Crippen LogP contribution in [0.2, 0.25) is 0 Å². The molecule has 0 aliphatic carbocycles. The van der Waals surface area contributed by atoms with Crippen molar-refractivity contribution in [2.24, 2.45) is 5.11 Å². The molecule has 6 unspecified atom stereocenters. The number of azide groups is 1. The van der Waals surface area contributed by atoms with Gasteiger partial charge in [-0.2, -0.15) is 0 Å². The molecule has 4 aliphatic rings. The van der Waals surface area contributed by atoms with E-state index in [4.69, 9.17) is 52.1 Å². The molecule has 8 rings (SSSR count). The molecule has 17 heteroatoms. The van der Waals surface area contributed by atoms with Crippen molar-refractivity contribution in [2.75, 3.05) is 7.11 Å². The summed E-state index contributed by atoms with van der Waals surface area (Å²) in [7, 11) is 1.24. The number of carbonyl (C=O) groups excluding carboxylic acids is 2. The van der Waals surface area contributed by atoms with Crippen molar-refractivity contribution in [3.05, 3.63) is 154 Å². The van der Waals surface area contributed by atoms with E-state index in [9.17, 15) is 15.1 Å². The van der Waals surface area contributed by atoms with Crippen LogP contribution < -0.4 is 5.32 Å². The summed E-state index contributed by atoms with van der Waals surface area (Å²) in [4.78, 5) is 30.2. The highest BCUT2D eigenvalue weighted by Crippen LogP contribution is 2.39. The molecular formula is C51H60N4O13. The molecule has 17 nitrogen and oxygen atoms in total. The number of ether oxygens (including phenoxy) is 11. The fourth-order valence-electron chi connectivity index (χ4n) is 9.27. The predicted octanol–water partition coefficient (Wildman–Crippen LogP) is 7.48. The third-order valence-electron chi connectivity index (χ3n) is 12.7. The summed E-state index contributed by atoms with van der Waals surface area (Å²) in [6, 6.07) is 36.7. The van der Waals surface area contributed by atoms with Gasteiger partial charge in [0.2, 0.25) is 0 Å². The second-order valence-electron chi connectivity index (χ2n) is 17.2. The number of carbonyl (C=O) groups is 2. The summed E-state index contributed by atoms with van der Waals surface area (Å²) in [6.45, 7) is 6.26. The topological polar surface area (TPSA) is 196 Å². The van der Waals surface area contributed by atoms with Gasteiger partial charge in [-0.1, -0.05) is 140 Å². The first-order valence-corrected chi connectivity index (χ1v) is 23.3. The molecule has 4 heterocycles. The average Bonchev–Trinajstić information content (AvgIpc) is 3.78. The first kappa shape index (κ1) is 49.0. The van der Waals surface area contributed by atoms with Gasteiger partial charge >= 0.3 is 12.1 Å². The van der Waals surface area contributed by atoms with E-state index in [1.165, 1.54) is 7.11 Å². The Hall–Kier alpha value is -5.43. The highest BCUT2D eigenvalue weighted by Gasteiger charge is 2.58. The highest BCUT2D eigenvalue weighted by atomic mass is 16.8. The molecule has 15 atom stereocenters. The van der Waals surface area contributed by atoms with E-state index in [1.54, 1.807) is 0 Å². The molecule has 4 fully saturated rings. The van der Waals surface area contributed by atoms with Crippen LogP contribution in [-0.2, 0) is 83.3 Å². The van der Waals surface area contributed by atoms with Gasteiger partial charge in [-0.3, -0.25) is 0 Å². The Kier molecular flexibility index (Phi) is 17.1. The predicted molar refractivity (Wildman–Crippen MR) is 244 cm³/mol. The molecule has 4 aromatic carbocycles. The van der Waals surface area contributed by atoms with Crippen LogP contribution in [0.5, 0.6) is 0 Å². The number of nitrogens with zero attached hydrogens (tertiary/aromatic N) is 3. The zero-order valence-electron chi connectivity index (χ0n) is 38.6. The maximum atomic E-state index is 14.2. The molecule has 0 bridgehead atoms. The standard InChI is InChI=1S/C51H60N4O13/c1-5-36-40(59-27-32-19-11-7-12-20-32)42(60-28-33-21-13-8-14-22-33)39(54-55-52)49(64-36)66-45-44(61-29-34-23-15-9-16-24-34)47(62-30-35-25-17-10-18-26-35)50(67-46(45)48(56)58-4)65-41-37(6-2)63-31(3)38-43(41)68-51(57)53-38/h7-26,31,36-47,49-50H,5-6,27-30H2,1-4H3,(H,53,57)/t31-,36?,37?,38?,39?,40-,41+,42+,43+,44-,45-,46?,47?,49+,50+/m0/s1. The Labute approximate surface area is 396 Å². The number of alkyl carbamates (subject to hydrolysis) is 1. The van der Waals surface area contributed by atoms with Gasteiger partial charge in [-0.25, -0.2) is 9.59 Å². The van der Waals surface area contributed by atoms with Crippen LogP contribution >= 0.6 is 0 Å². The second kappa shape index (κ2) is 23.7. The van der Waals surface area contributed by atoms with E-state index in [-0.39, 0.29) is 32.5 Å². The number of esters is 1. The van der Waals surface area contributed by atoms with Crippen LogP contribution in [0.4, 0.5) is 4.79 Å². The van der Waals surface area contributed by atoms with Gasteiger partial charge < -0.3 is 57.4 Å². The largest absolute Gasteiger partial charge is 0.467 e. The number of amides is 1. The van der Waals surface area contributed by atoms with E-state index in [0.29, 0.717) is 12.8 Å². The fraction of sp³-hybridized carbons (Fsp3) is 0.490. The summed E-state index contributed by atoms with van der Waals surface area (Å²) >= 11 is 0. The lowest BCUT2D eigenvalue weighted by molar-refractivity contribution is -0.365. The minimum Gasteiger partial charge on any atom is -0.467 e. The summed E-state index contributed by atoms with van der Waals surface area (Å²) in [6.07, 6.45) is -12.3. The first-order valence-electron chi connectivity index (χ1n) is 23.3. The SMILES string of the molecule is CCC1O[C@@H](C)C2NC(=O)O[C@H]2[C@@H]1O[C@@H]1OC(C(=O)OC)[C@@H](O[C@H]2OC(CC)[C@H](OCc3ccccc3)[C@H](OCc3ccccc3)C2N=[N+]=[N-])[C@H](OCc2ccccc2)C1OCc1ccccc1. The van der Waals surface area contributed by atoms with Gasteiger partial charge in [0.15, 0.2) is 24.8 Å². The van der Waals surface area contributed by atoms with Crippen molar-refractivity contribution in [3.8, 4) is 0 Å². The van der Waals surface area contributed by atoms with Crippen LogP contribution in [0.1, 0.15) is 55.9 Å². The molecule has 4 saturated heterocycles. The molecular weight excluding hydrogens is 877 g/mol. The quantitative estimate of drug-likeness (QED) is 0.0397. The number of hydrogen-bond acceptors (Lipinski definition) is 14. The monoisotopic (exact) mass is 936 g/mol. The number of methoxy groups -OCH3 is 1. The van der Waals surface area contributed by atoms with Crippen LogP contribution in [0, 0.1) is 0 Å². The summed E-state index contributed by atoms with van der Waals surface area (Å²) in [5, 5.41) is 7.12. The van der Waals surface area contributed by atoms with Crippen LogP contribution in [-0.4, -0.2) is 111 Å². The van der Waals surface area contributed by atoms with Gasteiger partial charge in [-0.15, -0.1) is 0 Å². The maximum Gasteiger partial charge on any atom is 0.408 e. The Morgan fingerprint density at radius 1 is 0.618 bits per heavy atom. The van der Waals surface area contributed by atoms with E-state index in [0.717, 1.165) is 22.3 Å². The van der Waals surface area contributed by atoms with Crippen LogP contribution in [0.25, 0.3) is 10.4 Å². The van der Waals surface area contributed by atoms with Crippen molar-refractivity contribution in [3.63, 3.8) is 0 Å². The molecule has 1 amide bonds. The van der Waals surface area contributed by atoms with E-state index in [1.807, 2.05) is 142 Å². The fourth-order valence-corrected chi connectivity index (χ4v) is 9.27. The van der Waals surface area contributed by atoms with Gasteiger partial charge in [0.05, 0.1) is 57.9 Å². The van der Waals surface area contributed by atoms with Gasteiger partial charge in [0.1, 0.15) is 42.7 Å². The Morgan fingerprint density at radius 2 is 1.09 bits per heavy atom. The van der Waals surface area contributed by atoms with Crippen molar-refractivity contribution in [1.29, 1.82) is 0 Å². The molecule has 0 spiro atoms. The van der Waals surface area contributed by atoms with Crippen LogP contribution in [0.15, 0.2) is 126 Å². The van der Waals surface area contributed by atoms with Crippen molar-refractivity contribution < 1.29 is 61.7 Å². The molecule has 0 radical (unpaired) electrons. The lowest BCUT2D eigenvalue weighted by Gasteiger charge is -2.50. The van der Waals surface area contributed by atoms with Gasteiger partial charge in [-0.05, 0) is 47.6 Å². The van der Waals surface area contributed by atoms with E-state index < -0.39 is 97.8 Å². The Bertz CT molecular complexity index is 2240. The van der Waals surface area contributed by atoms with Crippen molar-refractivity contribution >= 4 is 12.1 Å². The summed E-state index contributed by atoms with van der Waals surface area (Å²) < 4.78 is 72.0. The van der Waals surface area contributed by atoms with Gasteiger partial charge in [0, 0.05) is 4.91 Å². The number of rotatable bonds is 20. The molecule has 362 valence electrons. The molecule has 4 aliphatic heterocycles. The van der Waals surface area contributed by atoms with Crippen molar-refractivity contribution in [1.82, 2.24) is 5.32 Å². The number of fused-ring (bicyclic) bond motifs is 1. The van der Waals surface area contributed by atoms with Crippen molar-refractivity contribution in [2.45, 2.75) is 152 Å². The van der Waals surface area contributed by atoms with Crippen LogP contribution in [0.3, 0.4) is 0 Å². The number of hydrogen-bond donors (Lipinski definition) is 1. The molecule has 68 heavy (non-hydrogen) atoms. The molecule has 1 N–H and O–H groups in total. The van der Waals surface area contributed by atoms with E-state index in [2.05, 4.69) is 15.3 Å². The summed E-state index contributed by atoms with van der Waals surface area (Å²) in [5.74, 6) is -0.810. The molecule has 0 saturated carbocycles. The van der Waals surface area contributed by atoms with Gasteiger partial charge in [0.25, 0.3) is 0 Å². The maximum absolute atomic E-state index is 14.2. The normalized spacial score (nSPS) is 32.2. The molecule has 4 aromatic rings. The smallest absolute Gasteiger partial charge is 0.408 e. The Balaban J connectivity index is 1.18. The minimum atomic E-state index is -1.53. The highest BCUT2D eigenvalue weighted by molar-refractivity contribution is 5.75. The lowest BCUT2D eigenvalue weighted by atomic mass is 9.92. The number of benzene rings is 4. The summed E-state index contributed by atoms with van der Waals surface area (Å²) in [5.41, 5.74) is 13.7. The first-order chi connectivity index (χ1) is 33.3. The lowest BCUT2D eigenvalue weighted by Crippen LogP contribution is -2.67. The van der Waals surface area contributed by atoms with E-state index >= 15 is 0 Å². The second-order valence-corrected chi connectivity index (χ2v) is 17.2. The zero-order valence-corrected chi connectivity index (χ0v) is 38.6. The Morgan fingerprint density at radius 3 is 1.59 bits per heavy atom. The number of nitrogens with one attached hydrogen (secondary N) is 1. The zero-order chi connectivity index (χ0) is 47.4. The third-order valence-corrected chi connectivity index (χ3v) is 12.7. The minimum absolute atomic E-state index is 0.0478. The third kappa shape index (κ3) is 11.7. The molecule has 0 aromatic heterocycles.